The van der Waals surface area contributed by atoms with E-state index in [0.717, 1.165) is 46.7 Å². The van der Waals surface area contributed by atoms with Crippen LogP contribution in [0.4, 0.5) is 0 Å². The second-order valence-electron chi connectivity index (χ2n) is 7.60. The summed E-state index contributed by atoms with van der Waals surface area (Å²) in [6, 6.07) is 6.32. The molecule has 0 amide bonds. The quantitative estimate of drug-likeness (QED) is 0.521. The standard InChI is InChI=1S/C22H34BrN3O2/c1-8-10-16(9-2)28-22(5)21(24-6)25-19(20(23)26-22)17-12-11-15(14(3)4)13-18(17)27-7/h11-14,16,26H,8-10H2,1-7H3,(H,24,25). The van der Waals surface area contributed by atoms with Crippen LogP contribution in [-0.4, -0.2) is 31.8 Å². The van der Waals surface area contributed by atoms with Crippen LogP contribution >= 0.6 is 15.9 Å². The number of benzene rings is 1. The Hall–Kier alpha value is -1.53. The minimum absolute atomic E-state index is 0.169. The van der Waals surface area contributed by atoms with Gasteiger partial charge in [0, 0.05) is 12.6 Å². The first-order chi connectivity index (χ1) is 13.3. The molecule has 0 spiro atoms. The van der Waals surface area contributed by atoms with Crippen LogP contribution in [-0.2, 0) is 4.74 Å². The van der Waals surface area contributed by atoms with Gasteiger partial charge in [0.1, 0.15) is 10.4 Å². The monoisotopic (exact) mass is 451 g/mol. The van der Waals surface area contributed by atoms with Crippen LogP contribution in [0.1, 0.15) is 70.9 Å². The maximum atomic E-state index is 6.43. The molecule has 1 aliphatic rings. The first kappa shape index (κ1) is 22.8. The zero-order chi connectivity index (χ0) is 20.9. The second-order valence-corrected chi connectivity index (χ2v) is 8.39. The molecule has 2 rings (SSSR count). The first-order valence-electron chi connectivity index (χ1n) is 10.1. The van der Waals surface area contributed by atoms with Crippen LogP contribution in [0.15, 0.2) is 27.8 Å². The van der Waals surface area contributed by atoms with E-state index in [9.17, 15) is 0 Å². The van der Waals surface area contributed by atoms with Gasteiger partial charge in [0.2, 0.25) is 0 Å². The molecule has 2 unspecified atom stereocenters. The minimum Gasteiger partial charge on any atom is -0.496 e. The molecule has 6 heteroatoms. The van der Waals surface area contributed by atoms with Crippen molar-refractivity contribution >= 4 is 27.5 Å². The van der Waals surface area contributed by atoms with E-state index in [-0.39, 0.29) is 6.10 Å². The van der Waals surface area contributed by atoms with E-state index in [0.29, 0.717) is 5.92 Å². The van der Waals surface area contributed by atoms with E-state index in [1.54, 1.807) is 14.2 Å². The predicted octanol–water partition coefficient (Wildman–Crippen LogP) is 5.37. The van der Waals surface area contributed by atoms with Crippen molar-refractivity contribution in [1.82, 2.24) is 10.6 Å². The number of halogens is 1. The average molecular weight is 452 g/mol. The molecule has 1 aliphatic heterocycles. The molecule has 1 heterocycles. The van der Waals surface area contributed by atoms with Crippen molar-refractivity contribution in [1.29, 1.82) is 0 Å². The summed E-state index contributed by atoms with van der Waals surface area (Å²) in [4.78, 5) is 4.48. The van der Waals surface area contributed by atoms with Gasteiger partial charge in [-0.1, -0.05) is 40.2 Å². The summed E-state index contributed by atoms with van der Waals surface area (Å²) in [5.41, 5.74) is 2.37. The Bertz CT molecular complexity index is 745. The number of nitrogens with zero attached hydrogens (tertiary/aromatic N) is 1. The molecule has 156 valence electrons. The van der Waals surface area contributed by atoms with Crippen molar-refractivity contribution < 1.29 is 9.47 Å². The molecule has 2 atom stereocenters. The highest BCUT2D eigenvalue weighted by atomic mass is 79.9. The largest absolute Gasteiger partial charge is 0.496 e. The van der Waals surface area contributed by atoms with Gasteiger partial charge in [-0.25, -0.2) is 0 Å². The smallest absolute Gasteiger partial charge is 0.195 e. The molecule has 28 heavy (non-hydrogen) atoms. The average Bonchev–Trinajstić information content (AvgIpc) is 2.67. The summed E-state index contributed by atoms with van der Waals surface area (Å²) < 4.78 is 12.9. The number of methoxy groups -OCH3 is 1. The van der Waals surface area contributed by atoms with Gasteiger partial charge in [0.15, 0.2) is 11.6 Å². The van der Waals surface area contributed by atoms with Crippen LogP contribution in [0.3, 0.4) is 0 Å². The van der Waals surface area contributed by atoms with Crippen LogP contribution in [0, 0.1) is 0 Å². The lowest BCUT2D eigenvalue weighted by molar-refractivity contribution is -0.0596. The lowest BCUT2D eigenvalue weighted by Crippen LogP contribution is -2.60. The van der Waals surface area contributed by atoms with Gasteiger partial charge in [0.25, 0.3) is 0 Å². The Balaban J connectivity index is 2.41. The Morgan fingerprint density at radius 1 is 1.25 bits per heavy atom. The third kappa shape index (κ3) is 4.90. The first-order valence-corrected chi connectivity index (χ1v) is 10.9. The van der Waals surface area contributed by atoms with E-state index in [4.69, 9.17) is 9.47 Å². The Morgan fingerprint density at radius 2 is 1.96 bits per heavy atom. The van der Waals surface area contributed by atoms with Gasteiger partial charge >= 0.3 is 0 Å². The normalized spacial score (nSPS) is 22.2. The maximum Gasteiger partial charge on any atom is 0.195 e. The Labute approximate surface area is 178 Å². The fourth-order valence-corrected chi connectivity index (χ4v) is 4.13. The molecule has 5 nitrogen and oxygen atoms in total. The zero-order valence-corrected chi connectivity index (χ0v) is 19.7. The molecule has 0 saturated heterocycles. The summed E-state index contributed by atoms with van der Waals surface area (Å²) in [6.07, 6.45) is 3.23. The number of hydrogen-bond donors (Lipinski definition) is 2. The number of hydrogen-bond acceptors (Lipinski definition) is 4. The molecular weight excluding hydrogens is 418 g/mol. The number of ether oxygens (including phenoxy) is 2. The predicted molar refractivity (Wildman–Crippen MR) is 121 cm³/mol. The van der Waals surface area contributed by atoms with E-state index in [1.807, 2.05) is 6.92 Å². The molecule has 0 radical (unpaired) electrons. The van der Waals surface area contributed by atoms with Gasteiger partial charge in [-0.15, -0.1) is 0 Å². The Kier molecular flexibility index (Phi) is 7.96. The van der Waals surface area contributed by atoms with Gasteiger partial charge < -0.3 is 20.1 Å². The summed E-state index contributed by atoms with van der Waals surface area (Å²) in [5, 5.41) is 6.95. The molecule has 0 aliphatic carbocycles. The second kappa shape index (κ2) is 9.79. The van der Waals surface area contributed by atoms with Crippen LogP contribution in [0.25, 0.3) is 5.70 Å². The molecule has 1 aromatic carbocycles. The maximum absolute atomic E-state index is 6.43. The van der Waals surface area contributed by atoms with Crippen molar-refractivity contribution in [3.05, 3.63) is 33.9 Å². The van der Waals surface area contributed by atoms with E-state index in [1.165, 1.54) is 5.56 Å². The molecule has 2 N–H and O–H groups in total. The third-order valence-corrected chi connectivity index (χ3v) is 5.71. The highest BCUT2D eigenvalue weighted by Gasteiger charge is 2.39. The van der Waals surface area contributed by atoms with Crippen LogP contribution < -0.4 is 15.4 Å². The lowest BCUT2D eigenvalue weighted by atomic mass is 9.99. The van der Waals surface area contributed by atoms with Gasteiger partial charge in [0.05, 0.1) is 18.9 Å². The molecule has 0 saturated carbocycles. The summed E-state index contributed by atoms with van der Waals surface area (Å²) in [7, 11) is 3.48. The molecule has 0 fully saturated rings. The topological polar surface area (TPSA) is 54.9 Å². The zero-order valence-electron chi connectivity index (χ0n) is 18.1. The van der Waals surface area contributed by atoms with Crippen molar-refractivity contribution in [2.45, 2.75) is 71.6 Å². The van der Waals surface area contributed by atoms with E-state index >= 15 is 0 Å². The van der Waals surface area contributed by atoms with Gasteiger partial charge in [-0.2, -0.15) is 0 Å². The molecular formula is C22H34BrN3O2. The molecule has 0 aromatic heterocycles. The SMILES string of the molecule is CCCC(CC)OC1(C)NC(Br)=C(c2ccc(C(C)C)cc2OC)NC1=NC. The van der Waals surface area contributed by atoms with Gasteiger partial charge in [-0.05, 0) is 59.3 Å². The van der Waals surface area contributed by atoms with Crippen molar-refractivity contribution in [2.75, 3.05) is 14.2 Å². The van der Waals surface area contributed by atoms with Crippen molar-refractivity contribution in [3.63, 3.8) is 0 Å². The van der Waals surface area contributed by atoms with Crippen molar-refractivity contribution in [2.24, 2.45) is 4.99 Å². The minimum atomic E-state index is -0.724. The van der Waals surface area contributed by atoms with E-state index in [2.05, 4.69) is 77.4 Å². The third-order valence-electron chi connectivity index (χ3n) is 5.12. The van der Waals surface area contributed by atoms with Gasteiger partial charge in [-0.3, -0.25) is 4.99 Å². The summed E-state index contributed by atoms with van der Waals surface area (Å²) in [5.74, 6) is 2.01. The van der Waals surface area contributed by atoms with Crippen LogP contribution in [0.5, 0.6) is 5.75 Å². The summed E-state index contributed by atoms with van der Waals surface area (Å²) >= 11 is 3.70. The van der Waals surface area contributed by atoms with E-state index < -0.39 is 5.72 Å². The fourth-order valence-electron chi connectivity index (χ4n) is 3.44. The molecule has 1 aromatic rings. The fraction of sp³-hybridized carbons (Fsp3) is 0.591. The lowest BCUT2D eigenvalue weighted by Gasteiger charge is -2.40. The number of nitrogens with one attached hydrogen (secondary N) is 2. The highest BCUT2D eigenvalue weighted by Crippen LogP contribution is 2.34. The molecule has 0 bridgehead atoms. The van der Waals surface area contributed by atoms with Crippen molar-refractivity contribution in [3.8, 4) is 5.75 Å². The number of aliphatic imine (C=N–C) groups is 1. The number of rotatable bonds is 8. The highest BCUT2D eigenvalue weighted by molar-refractivity contribution is 9.11. The number of amidine groups is 1. The Morgan fingerprint density at radius 3 is 2.50 bits per heavy atom. The van der Waals surface area contributed by atoms with Crippen LogP contribution in [0.2, 0.25) is 0 Å². The summed E-state index contributed by atoms with van der Waals surface area (Å²) in [6.45, 7) is 10.7.